The van der Waals surface area contributed by atoms with Crippen molar-refractivity contribution in [3.8, 4) is 22.6 Å². The second-order valence-corrected chi connectivity index (χ2v) is 10.7. The second kappa shape index (κ2) is 9.02. The van der Waals surface area contributed by atoms with Gasteiger partial charge in [0.25, 0.3) is 0 Å². The number of ether oxygens (including phenoxy) is 2. The van der Waals surface area contributed by atoms with E-state index in [9.17, 15) is 13.2 Å². The van der Waals surface area contributed by atoms with Crippen LogP contribution in [0.4, 0.5) is 5.69 Å². The van der Waals surface area contributed by atoms with Crippen LogP contribution in [0.25, 0.3) is 11.1 Å². The number of carbonyl (C=O) groups is 1. The van der Waals surface area contributed by atoms with Gasteiger partial charge in [-0.3, -0.25) is 4.79 Å². The van der Waals surface area contributed by atoms with E-state index in [0.717, 1.165) is 29.5 Å². The summed E-state index contributed by atoms with van der Waals surface area (Å²) in [4.78, 5) is 13.5. The van der Waals surface area contributed by atoms with Crippen LogP contribution in [0, 0.1) is 0 Å². The molecule has 2 aliphatic rings. The normalized spacial score (nSPS) is 15.7. The fourth-order valence-corrected chi connectivity index (χ4v) is 5.98. The summed E-state index contributed by atoms with van der Waals surface area (Å²) in [5.74, 6) is 1.33. The maximum absolute atomic E-state index is 13.3. The molecule has 0 radical (unpaired) electrons. The van der Waals surface area contributed by atoms with Crippen LogP contribution in [-0.4, -0.2) is 38.5 Å². The lowest BCUT2D eigenvalue weighted by atomic mass is 9.94. The summed E-state index contributed by atoms with van der Waals surface area (Å²) in [6.45, 7) is 4.71. The van der Waals surface area contributed by atoms with Crippen LogP contribution in [-0.2, 0) is 20.2 Å². The summed E-state index contributed by atoms with van der Waals surface area (Å²) in [6.07, 6.45) is 1.56. The molecule has 1 saturated carbocycles. The number of benzene rings is 3. The lowest BCUT2D eigenvalue weighted by Gasteiger charge is -2.18. The molecule has 0 bridgehead atoms. The first-order valence-electron chi connectivity index (χ1n) is 11.8. The van der Waals surface area contributed by atoms with E-state index >= 15 is 0 Å². The predicted octanol–water partition coefficient (Wildman–Crippen LogP) is 4.78. The van der Waals surface area contributed by atoms with Crippen molar-refractivity contribution in [3.63, 3.8) is 0 Å². The Hall–Kier alpha value is -3.36. The van der Waals surface area contributed by atoms with E-state index in [1.165, 1.54) is 4.31 Å². The number of fused-ring (bicyclic) bond motifs is 1. The summed E-state index contributed by atoms with van der Waals surface area (Å²) in [5, 5.41) is 3.07. The fourth-order valence-electron chi connectivity index (χ4n) is 4.53. The largest absolute Gasteiger partial charge is 0.454 e. The van der Waals surface area contributed by atoms with Crippen molar-refractivity contribution >= 4 is 21.6 Å². The van der Waals surface area contributed by atoms with Crippen molar-refractivity contribution < 1.29 is 22.7 Å². The number of nitrogens with one attached hydrogen (secondary N) is 1. The minimum atomic E-state index is -3.50. The van der Waals surface area contributed by atoms with Crippen molar-refractivity contribution in [1.82, 2.24) is 4.31 Å². The fraction of sp³-hybridized carbons (Fsp3) is 0.296. The van der Waals surface area contributed by atoms with Gasteiger partial charge in [-0.25, -0.2) is 8.42 Å². The van der Waals surface area contributed by atoms with Gasteiger partial charge in [0.2, 0.25) is 22.7 Å². The molecule has 0 spiro atoms. The van der Waals surface area contributed by atoms with Gasteiger partial charge in [0.15, 0.2) is 11.5 Å². The molecule has 1 fully saturated rings. The van der Waals surface area contributed by atoms with E-state index in [1.54, 1.807) is 24.3 Å². The van der Waals surface area contributed by atoms with Gasteiger partial charge >= 0.3 is 0 Å². The molecule has 3 aromatic carbocycles. The van der Waals surface area contributed by atoms with E-state index < -0.39 is 15.4 Å². The molecule has 1 N–H and O–H groups in total. The molecule has 35 heavy (non-hydrogen) atoms. The number of anilines is 1. The summed E-state index contributed by atoms with van der Waals surface area (Å²) in [5.41, 5.74) is 2.83. The van der Waals surface area contributed by atoms with Gasteiger partial charge in [-0.15, -0.1) is 0 Å². The molecule has 0 saturated heterocycles. The molecule has 3 aromatic rings. The molecule has 5 rings (SSSR count). The SMILES string of the molecule is CCN(CC)S(=O)(=O)c1ccc(-c2cccc(NC(=O)C3(c4ccc5c(c4)OCO5)CC3)c2)cc1. The first-order chi connectivity index (χ1) is 16.9. The number of nitrogens with zero attached hydrogens (tertiary/aromatic N) is 1. The zero-order chi connectivity index (χ0) is 24.6. The van der Waals surface area contributed by atoms with E-state index in [1.807, 2.05) is 56.3 Å². The molecule has 1 heterocycles. The van der Waals surface area contributed by atoms with Crippen molar-refractivity contribution in [2.24, 2.45) is 0 Å². The molecular weight excluding hydrogens is 464 g/mol. The lowest BCUT2D eigenvalue weighted by Crippen LogP contribution is -2.30. The standard InChI is InChI=1S/C27H28N2O5S/c1-3-29(4-2)35(31,32)23-11-8-19(9-12-23)20-6-5-7-22(16-20)28-26(30)27(14-15-27)21-10-13-24-25(17-21)34-18-33-24/h5-13,16-17H,3-4,14-15,18H2,1-2H3,(H,28,30). The highest BCUT2D eigenvalue weighted by molar-refractivity contribution is 7.89. The summed E-state index contributed by atoms with van der Waals surface area (Å²) in [6, 6.07) is 20.1. The number of sulfonamides is 1. The average Bonchev–Trinajstić information content (AvgIpc) is 3.55. The molecule has 1 aliphatic heterocycles. The van der Waals surface area contributed by atoms with E-state index in [-0.39, 0.29) is 17.6 Å². The monoisotopic (exact) mass is 492 g/mol. The molecule has 1 amide bonds. The van der Waals surface area contributed by atoms with Crippen molar-refractivity contribution in [2.45, 2.75) is 37.0 Å². The van der Waals surface area contributed by atoms with E-state index in [4.69, 9.17) is 9.47 Å². The Morgan fingerprint density at radius 2 is 1.63 bits per heavy atom. The number of carbonyl (C=O) groups excluding carboxylic acids is 1. The second-order valence-electron chi connectivity index (χ2n) is 8.80. The summed E-state index contributed by atoms with van der Waals surface area (Å²) < 4.78 is 37.8. The van der Waals surface area contributed by atoms with Crippen molar-refractivity contribution in [1.29, 1.82) is 0 Å². The van der Waals surface area contributed by atoms with Gasteiger partial charge in [0.1, 0.15) is 0 Å². The molecular formula is C27H28N2O5S. The smallest absolute Gasteiger partial charge is 0.243 e. The van der Waals surface area contributed by atoms with Gasteiger partial charge in [-0.2, -0.15) is 4.31 Å². The number of hydrogen-bond donors (Lipinski definition) is 1. The lowest BCUT2D eigenvalue weighted by molar-refractivity contribution is -0.118. The van der Waals surface area contributed by atoms with Gasteiger partial charge < -0.3 is 14.8 Å². The maximum Gasteiger partial charge on any atom is 0.243 e. The van der Waals surface area contributed by atoms with Crippen LogP contribution in [0.3, 0.4) is 0 Å². The van der Waals surface area contributed by atoms with Crippen molar-refractivity contribution in [3.05, 3.63) is 72.3 Å². The van der Waals surface area contributed by atoms with Crippen LogP contribution < -0.4 is 14.8 Å². The van der Waals surface area contributed by atoms with Crippen LogP contribution in [0.5, 0.6) is 11.5 Å². The molecule has 0 atom stereocenters. The Morgan fingerprint density at radius 3 is 2.31 bits per heavy atom. The minimum Gasteiger partial charge on any atom is -0.454 e. The third-order valence-electron chi connectivity index (χ3n) is 6.76. The highest BCUT2D eigenvalue weighted by Gasteiger charge is 2.51. The average molecular weight is 493 g/mol. The van der Waals surface area contributed by atoms with Gasteiger partial charge in [0.05, 0.1) is 10.3 Å². The number of amides is 1. The van der Waals surface area contributed by atoms with Gasteiger partial charge in [0, 0.05) is 18.8 Å². The van der Waals surface area contributed by atoms with Crippen LogP contribution >= 0.6 is 0 Å². The molecule has 0 unspecified atom stereocenters. The third kappa shape index (κ3) is 4.28. The Kier molecular flexibility index (Phi) is 6.02. The topological polar surface area (TPSA) is 84.9 Å². The van der Waals surface area contributed by atoms with Crippen LogP contribution in [0.1, 0.15) is 32.3 Å². The Morgan fingerprint density at radius 1 is 0.914 bits per heavy atom. The van der Waals surface area contributed by atoms with Gasteiger partial charge in [-0.1, -0.05) is 44.2 Å². The van der Waals surface area contributed by atoms with E-state index in [2.05, 4.69) is 5.32 Å². The molecule has 182 valence electrons. The first kappa shape index (κ1) is 23.4. The summed E-state index contributed by atoms with van der Waals surface area (Å²) in [7, 11) is -3.50. The zero-order valence-electron chi connectivity index (χ0n) is 19.8. The zero-order valence-corrected chi connectivity index (χ0v) is 20.6. The highest BCUT2D eigenvalue weighted by Crippen LogP contribution is 2.51. The first-order valence-corrected chi connectivity index (χ1v) is 13.2. The maximum atomic E-state index is 13.3. The highest BCUT2D eigenvalue weighted by atomic mass is 32.2. The van der Waals surface area contributed by atoms with Crippen LogP contribution in [0.15, 0.2) is 71.6 Å². The van der Waals surface area contributed by atoms with Crippen molar-refractivity contribution in [2.75, 3.05) is 25.2 Å². The molecule has 1 aliphatic carbocycles. The van der Waals surface area contributed by atoms with E-state index in [0.29, 0.717) is 30.3 Å². The summed E-state index contributed by atoms with van der Waals surface area (Å²) >= 11 is 0. The number of hydrogen-bond acceptors (Lipinski definition) is 5. The van der Waals surface area contributed by atoms with Gasteiger partial charge in [-0.05, 0) is 65.9 Å². The molecule has 8 heteroatoms. The minimum absolute atomic E-state index is 0.0471. The Bertz CT molecular complexity index is 1360. The Balaban J connectivity index is 1.34. The Labute approximate surface area is 205 Å². The molecule has 7 nitrogen and oxygen atoms in total. The number of rotatable bonds is 8. The molecule has 0 aromatic heterocycles. The quantitative estimate of drug-likeness (QED) is 0.489. The third-order valence-corrected chi connectivity index (χ3v) is 8.83. The predicted molar refractivity (Wildman–Crippen MR) is 134 cm³/mol. The van der Waals surface area contributed by atoms with Crippen LogP contribution in [0.2, 0.25) is 0 Å².